The molecule has 1 heterocycles. The summed E-state index contributed by atoms with van der Waals surface area (Å²) >= 11 is 6.94. The van der Waals surface area contributed by atoms with E-state index in [1.54, 1.807) is 11.4 Å². The molecule has 0 bridgehead atoms. The minimum Gasteiger partial charge on any atom is -0.397 e. The van der Waals surface area contributed by atoms with E-state index in [9.17, 15) is 4.79 Å². The zero-order valence-electron chi connectivity index (χ0n) is 8.54. The summed E-state index contributed by atoms with van der Waals surface area (Å²) in [5.74, 6) is -0.171. The highest BCUT2D eigenvalue weighted by Crippen LogP contribution is 2.24. The first-order valence-electron chi connectivity index (χ1n) is 4.67. The predicted molar refractivity (Wildman–Crippen MR) is 83.5 cm³/mol. The second-order valence-corrected chi connectivity index (χ2v) is 6.22. The van der Waals surface area contributed by atoms with Crippen LogP contribution < -0.4 is 11.1 Å². The molecule has 1 aromatic heterocycles. The van der Waals surface area contributed by atoms with Crippen molar-refractivity contribution in [2.45, 2.75) is 0 Å². The van der Waals surface area contributed by atoms with Crippen LogP contribution in [0, 0.1) is 3.57 Å². The number of anilines is 2. The molecule has 0 saturated carbocycles. The Labute approximate surface area is 125 Å². The van der Waals surface area contributed by atoms with E-state index < -0.39 is 0 Å². The third-order valence-electron chi connectivity index (χ3n) is 2.08. The molecule has 0 aliphatic carbocycles. The molecule has 1 amide bonds. The molecule has 2 rings (SSSR count). The minimum absolute atomic E-state index is 0.171. The topological polar surface area (TPSA) is 55.1 Å². The van der Waals surface area contributed by atoms with Gasteiger partial charge in [0.25, 0.3) is 5.91 Å². The molecule has 0 spiro atoms. The van der Waals surface area contributed by atoms with Crippen LogP contribution in [0.4, 0.5) is 11.4 Å². The lowest BCUT2D eigenvalue weighted by Crippen LogP contribution is -2.11. The van der Waals surface area contributed by atoms with E-state index in [4.69, 9.17) is 5.73 Å². The van der Waals surface area contributed by atoms with E-state index in [1.807, 2.05) is 18.2 Å². The fourth-order valence-electron chi connectivity index (χ4n) is 1.27. The third kappa shape index (κ3) is 2.99. The van der Waals surface area contributed by atoms with Gasteiger partial charge >= 0.3 is 0 Å². The van der Waals surface area contributed by atoms with Crippen LogP contribution in [0.2, 0.25) is 0 Å². The number of hydrogen-bond acceptors (Lipinski definition) is 3. The fraction of sp³-hybridized carbons (Fsp3) is 0. The third-order valence-corrected chi connectivity index (χ3v) is 5.33. The second kappa shape index (κ2) is 5.36. The Balaban J connectivity index is 2.19. The Hall–Kier alpha value is -0.600. The van der Waals surface area contributed by atoms with Crippen LogP contribution in [0.25, 0.3) is 0 Å². The number of benzene rings is 1. The maximum absolute atomic E-state index is 11.9. The lowest BCUT2D eigenvalue weighted by Gasteiger charge is -2.05. The first-order valence-corrected chi connectivity index (χ1v) is 7.42. The molecule has 6 heteroatoms. The van der Waals surface area contributed by atoms with Gasteiger partial charge in [0.15, 0.2) is 0 Å². The van der Waals surface area contributed by atoms with Crippen molar-refractivity contribution in [1.29, 1.82) is 0 Å². The lowest BCUT2D eigenvalue weighted by molar-refractivity contribution is 0.103. The molecule has 1 aromatic carbocycles. The number of nitrogens with two attached hydrogens (primary N) is 1. The van der Waals surface area contributed by atoms with E-state index in [0.29, 0.717) is 10.6 Å². The summed E-state index contributed by atoms with van der Waals surface area (Å²) in [6.45, 7) is 0. The monoisotopic (exact) mass is 422 g/mol. The number of halogens is 2. The number of rotatable bonds is 2. The molecule has 3 nitrogen and oxygen atoms in total. The molecule has 0 fully saturated rings. The average molecular weight is 423 g/mol. The van der Waals surface area contributed by atoms with E-state index in [2.05, 4.69) is 43.8 Å². The predicted octanol–water partition coefficient (Wildman–Crippen LogP) is 3.95. The fourth-order valence-corrected chi connectivity index (χ4v) is 2.74. The first kappa shape index (κ1) is 12.8. The molecule has 0 unspecified atom stereocenters. The number of nitrogen functional groups attached to an aromatic ring is 1. The molecular weight excluding hydrogens is 415 g/mol. The Morgan fingerprint density at radius 2 is 2.18 bits per heavy atom. The van der Waals surface area contributed by atoms with Gasteiger partial charge in [0.2, 0.25) is 0 Å². The molecule has 0 aliphatic rings. The maximum Gasteiger partial charge on any atom is 0.267 e. The molecule has 0 aliphatic heterocycles. The Kier molecular flexibility index (Phi) is 4.05. The van der Waals surface area contributed by atoms with Crippen molar-refractivity contribution in [3.63, 3.8) is 0 Å². The van der Waals surface area contributed by atoms with Crippen LogP contribution in [0.15, 0.2) is 34.1 Å². The highest BCUT2D eigenvalue weighted by Gasteiger charge is 2.11. The minimum atomic E-state index is -0.171. The van der Waals surface area contributed by atoms with Crippen LogP contribution in [0.3, 0.4) is 0 Å². The van der Waals surface area contributed by atoms with E-state index in [0.717, 1.165) is 13.7 Å². The zero-order valence-corrected chi connectivity index (χ0v) is 13.1. The summed E-state index contributed by atoms with van der Waals surface area (Å²) in [5, 5.41) is 4.62. The zero-order chi connectivity index (χ0) is 12.4. The van der Waals surface area contributed by atoms with Crippen molar-refractivity contribution in [2.24, 2.45) is 0 Å². The molecular formula is C11H8BrIN2OS. The van der Waals surface area contributed by atoms with Gasteiger partial charge in [0, 0.05) is 13.7 Å². The van der Waals surface area contributed by atoms with Crippen molar-refractivity contribution < 1.29 is 4.79 Å². The van der Waals surface area contributed by atoms with Crippen LogP contribution in [-0.2, 0) is 0 Å². The summed E-state index contributed by atoms with van der Waals surface area (Å²) < 4.78 is 2.05. The van der Waals surface area contributed by atoms with E-state index in [1.165, 1.54) is 11.3 Å². The van der Waals surface area contributed by atoms with Gasteiger partial charge in [0.1, 0.15) is 4.88 Å². The second-order valence-electron chi connectivity index (χ2n) is 3.29. The standard InChI is InChI=1S/C11H8BrIN2OS/c12-7-2-1-6(5-8(7)13)15-11(16)10-9(14)3-4-17-10/h1-5H,14H2,(H,15,16). The summed E-state index contributed by atoms with van der Waals surface area (Å²) in [6, 6.07) is 7.36. The van der Waals surface area contributed by atoms with E-state index in [-0.39, 0.29) is 5.91 Å². The van der Waals surface area contributed by atoms with Gasteiger partial charge in [0.05, 0.1) is 5.69 Å². The molecule has 88 valence electrons. The first-order chi connectivity index (χ1) is 8.08. The molecule has 3 N–H and O–H groups in total. The summed E-state index contributed by atoms with van der Waals surface area (Å²) in [6.07, 6.45) is 0. The molecule has 0 atom stereocenters. The number of nitrogens with one attached hydrogen (secondary N) is 1. The van der Waals surface area contributed by atoms with Crippen molar-refractivity contribution >= 4 is 67.1 Å². The van der Waals surface area contributed by atoms with Gasteiger partial charge in [-0.3, -0.25) is 4.79 Å². The number of hydrogen-bond donors (Lipinski definition) is 2. The average Bonchev–Trinajstić information content (AvgIpc) is 2.70. The van der Waals surface area contributed by atoms with Crippen LogP contribution in [-0.4, -0.2) is 5.91 Å². The largest absolute Gasteiger partial charge is 0.397 e. The SMILES string of the molecule is Nc1ccsc1C(=O)Nc1ccc(Br)c(I)c1. The molecule has 17 heavy (non-hydrogen) atoms. The number of thiophene rings is 1. The molecule has 2 aromatic rings. The summed E-state index contributed by atoms with van der Waals surface area (Å²) in [7, 11) is 0. The quantitative estimate of drug-likeness (QED) is 0.720. The highest BCUT2D eigenvalue weighted by molar-refractivity contribution is 14.1. The van der Waals surface area contributed by atoms with Crippen molar-refractivity contribution in [2.75, 3.05) is 11.1 Å². The van der Waals surface area contributed by atoms with Gasteiger partial charge in [-0.15, -0.1) is 11.3 Å². The van der Waals surface area contributed by atoms with Crippen molar-refractivity contribution in [3.05, 3.63) is 42.6 Å². The number of amides is 1. The van der Waals surface area contributed by atoms with Crippen molar-refractivity contribution in [3.8, 4) is 0 Å². The van der Waals surface area contributed by atoms with Gasteiger partial charge in [-0.2, -0.15) is 0 Å². The van der Waals surface area contributed by atoms with Gasteiger partial charge < -0.3 is 11.1 Å². The molecule has 0 saturated heterocycles. The van der Waals surface area contributed by atoms with E-state index >= 15 is 0 Å². The number of carbonyl (C=O) groups is 1. The Morgan fingerprint density at radius 3 is 2.76 bits per heavy atom. The maximum atomic E-state index is 11.9. The van der Waals surface area contributed by atoms with Crippen LogP contribution >= 0.6 is 49.9 Å². The van der Waals surface area contributed by atoms with Gasteiger partial charge in [-0.25, -0.2) is 0 Å². The normalized spacial score (nSPS) is 10.2. The Morgan fingerprint density at radius 1 is 1.41 bits per heavy atom. The van der Waals surface area contributed by atoms with Crippen LogP contribution in [0.5, 0.6) is 0 Å². The molecule has 0 radical (unpaired) electrons. The van der Waals surface area contributed by atoms with Crippen LogP contribution in [0.1, 0.15) is 9.67 Å². The highest BCUT2D eigenvalue weighted by atomic mass is 127. The lowest BCUT2D eigenvalue weighted by atomic mass is 10.3. The van der Waals surface area contributed by atoms with Gasteiger partial charge in [-0.1, -0.05) is 0 Å². The summed E-state index contributed by atoms with van der Waals surface area (Å²) in [4.78, 5) is 12.4. The van der Waals surface area contributed by atoms with Crippen molar-refractivity contribution in [1.82, 2.24) is 0 Å². The number of carbonyl (C=O) groups excluding carboxylic acids is 1. The Bertz CT molecular complexity index is 570. The summed E-state index contributed by atoms with van der Waals surface area (Å²) in [5.41, 5.74) is 6.96. The van der Waals surface area contributed by atoms with Gasteiger partial charge in [-0.05, 0) is 68.2 Å². The smallest absolute Gasteiger partial charge is 0.267 e.